The molecule has 0 saturated carbocycles. The zero-order valence-corrected chi connectivity index (χ0v) is 32.1. The Morgan fingerprint density at radius 3 is 1.69 bits per heavy atom. The van der Waals surface area contributed by atoms with E-state index < -0.39 is 0 Å². The Bertz CT molecular complexity index is 3870. The predicted molar refractivity (Wildman–Crippen MR) is 244 cm³/mol. The third-order valence-corrected chi connectivity index (χ3v) is 12.9. The fourth-order valence-corrected chi connectivity index (χ4v) is 10.2. The second-order valence-corrected chi connectivity index (χ2v) is 16.1. The van der Waals surface area contributed by atoms with Gasteiger partial charge in [-0.25, -0.2) is 15.0 Å². The van der Waals surface area contributed by atoms with Crippen molar-refractivity contribution >= 4 is 96.9 Å². The summed E-state index contributed by atoms with van der Waals surface area (Å²) in [5, 5.41) is 11.1. The number of aromatic nitrogens is 3. The summed E-state index contributed by atoms with van der Waals surface area (Å²) in [5.41, 5.74) is 8.54. The van der Waals surface area contributed by atoms with E-state index in [0.717, 1.165) is 98.6 Å². The normalized spacial score (nSPS) is 12.1. The lowest BCUT2D eigenvalue weighted by atomic mass is 9.92. The molecule has 13 aromatic rings. The van der Waals surface area contributed by atoms with Crippen molar-refractivity contribution in [3.63, 3.8) is 0 Å². The van der Waals surface area contributed by atoms with Crippen LogP contribution in [0.15, 0.2) is 185 Å². The van der Waals surface area contributed by atoms with E-state index in [1.165, 1.54) is 14.8 Å². The van der Waals surface area contributed by atoms with Crippen molar-refractivity contribution in [3.05, 3.63) is 176 Å². The monoisotopic (exact) mass is 771 g/mol. The molecule has 59 heavy (non-hydrogen) atoms. The number of furan rings is 2. The van der Waals surface area contributed by atoms with E-state index in [-0.39, 0.29) is 0 Å². The molecule has 4 aromatic heterocycles. The van der Waals surface area contributed by atoms with Crippen LogP contribution in [0.5, 0.6) is 0 Å². The standard InChI is InChI=1S/C53H29N3O2S/c1-2-12-33-32(11-1)34(35-16-9-20-44-48(35)37-13-3-6-18-42(37)57-44)26-27-36(33)52-54-51(55-53(56-52)40-17-10-22-47-50(40)39-15-5-8-21-46(39)59-47)31-24-23-30-25-28-45-49(41(30)29-31)38-14-4-7-19-43(38)58-45/h1-29H. The number of benzene rings is 9. The zero-order valence-electron chi connectivity index (χ0n) is 31.3. The first-order valence-corrected chi connectivity index (χ1v) is 20.5. The first kappa shape index (κ1) is 32.4. The van der Waals surface area contributed by atoms with Gasteiger partial charge in [-0.3, -0.25) is 0 Å². The topological polar surface area (TPSA) is 65.0 Å². The van der Waals surface area contributed by atoms with Gasteiger partial charge in [0, 0.05) is 58.4 Å². The van der Waals surface area contributed by atoms with Crippen LogP contribution < -0.4 is 0 Å². The van der Waals surface area contributed by atoms with E-state index in [0.29, 0.717) is 17.5 Å². The zero-order chi connectivity index (χ0) is 38.6. The highest BCUT2D eigenvalue weighted by Crippen LogP contribution is 2.44. The Kier molecular flexibility index (Phi) is 6.82. The van der Waals surface area contributed by atoms with Crippen molar-refractivity contribution in [2.24, 2.45) is 0 Å². The van der Waals surface area contributed by atoms with Crippen LogP contribution in [0, 0.1) is 0 Å². The van der Waals surface area contributed by atoms with Crippen LogP contribution in [0.3, 0.4) is 0 Å². The molecule has 0 atom stereocenters. The molecule has 0 N–H and O–H groups in total. The molecule has 0 aliphatic carbocycles. The molecule has 0 aliphatic heterocycles. The Morgan fingerprint density at radius 1 is 0.322 bits per heavy atom. The Hall–Kier alpha value is -7.67. The molecule has 0 fully saturated rings. The van der Waals surface area contributed by atoms with Gasteiger partial charge in [0.25, 0.3) is 0 Å². The van der Waals surface area contributed by atoms with Crippen LogP contribution in [0.25, 0.3) is 131 Å². The minimum absolute atomic E-state index is 0.607. The first-order valence-electron chi connectivity index (χ1n) is 19.7. The van der Waals surface area contributed by atoms with Gasteiger partial charge in [-0.2, -0.15) is 0 Å². The van der Waals surface area contributed by atoms with E-state index in [4.69, 9.17) is 23.8 Å². The number of nitrogens with zero attached hydrogens (tertiary/aromatic N) is 3. The number of fused-ring (bicyclic) bond motifs is 12. The molecule has 0 radical (unpaired) electrons. The van der Waals surface area contributed by atoms with E-state index in [1.807, 2.05) is 30.3 Å². The second kappa shape index (κ2) is 12.4. The average molecular weight is 772 g/mol. The van der Waals surface area contributed by atoms with Crippen molar-refractivity contribution in [3.8, 4) is 45.3 Å². The van der Waals surface area contributed by atoms with Gasteiger partial charge in [-0.05, 0) is 81.2 Å². The Labute approximate surface area is 340 Å². The molecule has 0 aliphatic rings. The van der Waals surface area contributed by atoms with Crippen molar-refractivity contribution in [2.75, 3.05) is 0 Å². The summed E-state index contributed by atoms with van der Waals surface area (Å²) < 4.78 is 15.1. The molecule has 0 spiro atoms. The maximum absolute atomic E-state index is 6.32. The molecule has 6 heteroatoms. The summed E-state index contributed by atoms with van der Waals surface area (Å²) in [7, 11) is 0. The number of para-hydroxylation sites is 2. The molecular formula is C53H29N3O2S. The summed E-state index contributed by atoms with van der Waals surface area (Å²) in [4.78, 5) is 16.0. The summed E-state index contributed by atoms with van der Waals surface area (Å²) in [6, 6.07) is 61.4. The SMILES string of the molecule is c1ccc2c(c1)oc1cccc(-c3ccc(-c4nc(-c5ccc6ccc7oc8ccccc8c7c6c5)nc(-c5cccc6sc7ccccc7c56)n4)c4ccccc34)c12. The molecule has 5 nitrogen and oxygen atoms in total. The Balaban J connectivity index is 1.08. The maximum Gasteiger partial charge on any atom is 0.164 e. The van der Waals surface area contributed by atoms with Crippen molar-refractivity contribution in [1.82, 2.24) is 15.0 Å². The van der Waals surface area contributed by atoms with E-state index in [2.05, 4.69) is 146 Å². The van der Waals surface area contributed by atoms with Crippen molar-refractivity contribution in [1.29, 1.82) is 0 Å². The summed E-state index contributed by atoms with van der Waals surface area (Å²) in [6.45, 7) is 0. The minimum atomic E-state index is 0.607. The third kappa shape index (κ3) is 4.87. The molecule has 274 valence electrons. The molecule has 4 heterocycles. The number of thiophene rings is 1. The predicted octanol–water partition coefficient (Wildman–Crippen LogP) is 15.0. The van der Waals surface area contributed by atoms with E-state index in [1.54, 1.807) is 11.3 Å². The van der Waals surface area contributed by atoms with Gasteiger partial charge in [0.05, 0.1) is 0 Å². The lowest BCUT2D eigenvalue weighted by molar-refractivity contribution is 0.668. The van der Waals surface area contributed by atoms with Gasteiger partial charge < -0.3 is 8.83 Å². The van der Waals surface area contributed by atoms with Crippen LogP contribution in [-0.4, -0.2) is 15.0 Å². The van der Waals surface area contributed by atoms with Crippen LogP contribution in [0.1, 0.15) is 0 Å². The third-order valence-electron chi connectivity index (χ3n) is 11.8. The van der Waals surface area contributed by atoms with Gasteiger partial charge in [-0.1, -0.05) is 127 Å². The fourth-order valence-electron chi connectivity index (χ4n) is 9.12. The lowest BCUT2D eigenvalue weighted by Crippen LogP contribution is -2.01. The van der Waals surface area contributed by atoms with Gasteiger partial charge in [0.1, 0.15) is 22.3 Å². The van der Waals surface area contributed by atoms with Gasteiger partial charge in [0.2, 0.25) is 0 Å². The first-order chi connectivity index (χ1) is 29.2. The van der Waals surface area contributed by atoms with Crippen LogP contribution in [0.2, 0.25) is 0 Å². The summed E-state index contributed by atoms with van der Waals surface area (Å²) >= 11 is 1.79. The largest absolute Gasteiger partial charge is 0.456 e. The molecule has 0 unspecified atom stereocenters. The summed E-state index contributed by atoms with van der Waals surface area (Å²) in [5.74, 6) is 1.85. The van der Waals surface area contributed by atoms with Gasteiger partial charge in [0.15, 0.2) is 17.5 Å². The molecule has 0 bridgehead atoms. The van der Waals surface area contributed by atoms with Crippen LogP contribution in [0.4, 0.5) is 0 Å². The number of hydrogen-bond acceptors (Lipinski definition) is 6. The highest BCUT2D eigenvalue weighted by atomic mass is 32.1. The van der Waals surface area contributed by atoms with E-state index in [9.17, 15) is 0 Å². The molecular weight excluding hydrogens is 743 g/mol. The molecule has 0 saturated heterocycles. The molecule has 13 rings (SSSR count). The highest BCUT2D eigenvalue weighted by Gasteiger charge is 2.21. The lowest BCUT2D eigenvalue weighted by Gasteiger charge is -2.14. The summed E-state index contributed by atoms with van der Waals surface area (Å²) in [6.07, 6.45) is 0. The highest BCUT2D eigenvalue weighted by molar-refractivity contribution is 7.25. The van der Waals surface area contributed by atoms with E-state index >= 15 is 0 Å². The quantitative estimate of drug-likeness (QED) is 0.178. The van der Waals surface area contributed by atoms with Crippen LogP contribution >= 0.6 is 11.3 Å². The van der Waals surface area contributed by atoms with Gasteiger partial charge in [-0.15, -0.1) is 11.3 Å². The molecule has 0 amide bonds. The maximum atomic E-state index is 6.32. The minimum Gasteiger partial charge on any atom is -0.456 e. The van der Waals surface area contributed by atoms with Gasteiger partial charge >= 0.3 is 0 Å². The van der Waals surface area contributed by atoms with Crippen molar-refractivity contribution in [2.45, 2.75) is 0 Å². The molecule has 9 aromatic carbocycles. The average Bonchev–Trinajstić information content (AvgIpc) is 4.00. The smallest absolute Gasteiger partial charge is 0.164 e. The second-order valence-electron chi connectivity index (χ2n) is 15.0. The fraction of sp³-hybridized carbons (Fsp3) is 0. The van der Waals surface area contributed by atoms with Crippen molar-refractivity contribution < 1.29 is 8.83 Å². The number of hydrogen-bond donors (Lipinski definition) is 0. The Morgan fingerprint density at radius 2 is 0.881 bits per heavy atom. The number of rotatable bonds is 4. The van der Waals surface area contributed by atoms with Crippen LogP contribution in [-0.2, 0) is 0 Å².